The summed E-state index contributed by atoms with van der Waals surface area (Å²) in [6, 6.07) is 15.5. The van der Waals surface area contributed by atoms with E-state index in [1.54, 1.807) is 19.2 Å². The van der Waals surface area contributed by atoms with Crippen LogP contribution in [0.1, 0.15) is 61.7 Å². The number of methoxy groups -OCH3 is 1. The number of ether oxygens (including phenoxy) is 3. The second kappa shape index (κ2) is 13.3. The number of anilines is 1. The Morgan fingerprint density at radius 1 is 1.05 bits per heavy atom. The van der Waals surface area contributed by atoms with E-state index >= 15 is 0 Å². The lowest BCUT2D eigenvalue weighted by molar-refractivity contribution is -0.276. The van der Waals surface area contributed by atoms with Crippen LogP contribution >= 0.6 is 0 Å². The number of aliphatic hydroxyl groups excluding tert-OH is 1. The Hall–Kier alpha value is -2.82. The number of amides is 1. The first-order chi connectivity index (χ1) is 18.4. The highest BCUT2D eigenvalue weighted by molar-refractivity contribution is 5.92. The third-order valence-corrected chi connectivity index (χ3v) is 7.43. The van der Waals surface area contributed by atoms with Crippen LogP contribution in [0.3, 0.4) is 0 Å². The molecule has 2 saturated heterocycles. The summed E-state index contributed by atoms with van der Waals surface area (Å²) in [5, 5.41) is 21.0. The zero-order chi connectivity index (χ0) is 27.1. The quantitative estimate of drug-likeness (QED) is 0.404. The molecule has 0 bridgehead atoms. The summed E-state index contributed by atoms with van der Waals surface area (Å²) in [6.45, 7) is 4.64. The van der Waals surface area contributed by atoms with E-state index in [-0.39, 0.29) is 43.5 Å². The molecule has 206 valence electrons. The summed E-state index contributed by atoms with van der Waals surface area (Å²) in [7, 11) is 1.74. The molecule has 4 rings (SSSR count). The van der Waals surface area contributed by atoms with Gasteiger partial charge < -0.3 is 29.7 Å². The number of hydrogen-bond donors (Lipinski definition) is 3. The van der Waals surface area contributed by atoms with Crippen molar-refractivity contribution in [3.63, 3.8) is 0 Å². The number of carboxylic acid groups (broad SMARTS) is 1. The maximum Gasteiger partial charge on any atom is 0.303 e. The number of aliphatic hydroxyl groups is 1. The van der Waals surface area contributed by atoms with E-state index in [1.165, 1.54) is 0 Å². The van der Waals surface area contributed by atoms with Gasteiger partial charge in [-0.05, 0) is 42.6 Å². The van der Waals surface area contributed by atoms with Gasteiger partial charge in [0.1, 0.15) is 0 Å². The minimum absolute atomic E-state index is 0.00917. The molecule has 38 heavy (non-hydrogen) atoms. The molecular weight excluding hydrogens is 488 g/mol. The Morgan fingerprint density at radius 2 is 1.76 bits per heavy atom. The normalized spacial score (nSPS) is 25.8. The number of likely N-dealkylation sites (tertiary alicyclic amines) is 1. The van der Waals surface area contributed by atoms with Crippen LogP contribution in [0.4, 0.5) is 5.69 Å². The number of rotatable bonds is 11. The second-order valence-electron chi connectivity index (χ2n) is 10.1. The van der Waals surface area contributed by atoms with Crippen LogP contribution in [0, 0.1) is 5.92 Å². The molecule has 1 amide bonds. The van der Waals surface area contributed by atoms with Crippen molar-refractivity contribution in [1.82, 2.24) is 4.90 Å². The number of carbonyl (C=O) groups is 2. The molecule has 5 atom stereocenters. The van der Waals surface area contributed by atoms with Gasteiger partial charge in [-0.25, -0.2) is 0 Å². The minimum Gasteiger partial charge on any atom is -0.481 e. The molecule has 0 aliphatic carbocycles. The first kappa shape index (κ1) is 28.2. The van der Waals surface area contributed by atoms with Gasteiger partial charge >= 0.3 is 5.97 Å². The van der Waals surface area contributed by atoms with Crippen molar-refractivity contribution >= 4 is 17.6 Å². The van der Waals surface area contributed by atoms with Crippen molar-refractivity contribution in [1.29, 1.82) is 0 Å². The molecule has 2 aliphatic rings. The second-order valence-corrected chi connectivity index (χ2v) is 10.1. The van der Waals surface area contributed by atoms with E-state index in [0.29, 0.717) is 18.3 Å². The van der Waals surface area contributed by atoms with Crippen molar-refractivity contribution in [2.45, 2.75) is 63.8 Å². The summed E-state index contributed by atoms with van der Waals surface area (Å²) < 4.78 is 18.5. The molecule has 9 nitrogen and oxygen atoms in total. The van der Waals surface area contributed by atoms with Crippen LogP contribution in [0.2, 0.25) is 0 Å². The molecule has 0 aromatic heterocycles. The molecule has 0 spiro atoms. The average molecular weight is 527 g/mol. The lowest BCUT2D eigenvalue weighted by Crippen LogP contribution is -2.46. The van der Waals surface area contributed by atoms with Crippen molar-refractivity contribution in [3.8, 4) is 0 Å². The standard InChI is InChI=1S/C29H38N2O7/c1-19-25(16-31-15-3-4-24(31)18-36-2)37-29(38-28(19)21-7-5-20(17-32)6-8-21)22-9-11-23(12-10-22)30-26(33)13-14-27(34)35/h5-12,19,24-25,28-29,32H,3-4,13-18H2,1-2H3,(H,30,33)(H,34,35)/t19-,24-,25+,28+,29+/m0/s1. The van der Waals surface area contributed by atoms with E-state index < -0.39 is 12.3 Å². The fourth-order valence-electron chi connectivity index (χ4n) is 5.24. The van der Waals surface area contributed by atoms with Gasteiger partial charge in [0.15, 0.2) is 6.29 Å². The zero-order valence-corrected chi connectivity index (χ0v) is 22.0. The topological polar surface area (TPSA) is 118 Å². The molecule has 2 aromatic carbocycles. The fourth-order valence-corrected chi connectivity index (χ4v) is 5.24. The van der Waals surface area contributed by atoms with Gasteiger partial charge in [0, 0.05) is 43.3 Å². The lowest BCUT2D eigenvalue weighted by atomic mass is 9.90. The largest absolute Gasteiger partial charge is 0.481 e. The van der Waals surface area contributed by atoms with Gasteiger partial charge in [0.25, 0.3) is 0 Å². The Labute approximate surface area is 223 Å². The molecule has 2 aromatic rings. The first-order valence-electron chi connectivity index (χ1n) is 13.2. The average Bonchev–Trinajstić information content (AvgIpc) is 3.36. The highest BCUT2D eigenvalue weighted by Gasteiger charge is 2.40. The first-order valence-corrected chi connectivity index (χ1v) is 13.2. The van der Waals surface area contributed by atoms with Crippen LogP contribution < -0.4 is 5.32 Å². The third-order valence-electron chi connectivity index (χ3n) is 7.43. The lowest BCUT2D eigenvalue weighted by Gasteiger charge is -2.43. The van der Waals surface area contributed by atoms with Gasteiger partial charge in [0.2, 0.25) is 5.91 Å². The SMILES string of the molecule is COC[C@@H]1CCCN1C[C@H]1O[C@@H](c2ccc(NC(=O)CCC(=O)O)cc2)O[C@@H](c2ccc(CO)cc2)[C@H]1C. The molecule has 2 heterocycles. The van der Waals surface area contributed by atoms with Crippen LogP contribution in [0.25, 0.3) is 0 Å². The number of carboxylic acids is 1. The Balaban J connectivity index is 1.52. The number of nitrogens with zero attached hydrogens (tertiary/aromatic N) is 1. The van der Waals surface area contributed by atoms with E-state index in [1.807, 2.05) is 36.4 Å². The Kier molecular flexibility index (Phi) is 9.87. The summed E-state index contributed by atoms with van der Waals surface area (Å²) in [5.74, 6) is -1.27. The zero-order valence-electron chi connectivity index (χ0n) is 22.0. The van der Waals surface area contributed by atoms with Crippen LogP contribution in [-0.2, 0) is 30.4 Å². The molecule has 3 N–H and O–H groups in total. The maximum atomic E-state index is 12.0. The predicted molar refractivity (Wildman–Crippen MR) is 141 cm³/mol. The summed E-state index contributed by atoms with van der Waals surface area (Å²) in [5.41, 5.74) is 3.30. The maximum absolute atomic E-state index is 12.0. The van der Waals surface area contributed by atoms with Gasteiger partial charge in [0.05, 0.1) is 31.8 Å². The number of hydrogen-bond acceptors (Lipinski definition) is 7. The van der Waals surface area contributed by atoms with Gasteiger partial charge in [-0.15, -0.1) is 0 Å². The van der Waals surface area contributed by atoms with Gasteiger partial charge in [-0.3, -0.25) is 14.5 Å². The van der Waals surface area contributed by atoms with Crippen molar-refractivity contribution < 1.29 is 34.0 Å². The Bertz CT molecular complexity index is 1060. The van der Waals surface area contributed by atoms with E-state index in [2.05, 4.69) is 17.1 Å². The summed E-state index contributed by atoms with van der Waals surface area (Å²) >= 11 is 0. The monoisotopic (exact) mass is 526 g/mol. The summed E-state index contributed by atoms with van der Waals surface area (Å²) in [4.78, 5) is 25.2. The Morgan fingerprint density at radius 3 is 2.42 bits per heavy atom. The van der Waals surface area contributed by atoms with Crippen LogP contribution in [-0.4, -0.2) is 65.9 Å². The smallest absolute Gasteiger partial charge is 0.303 e. The molecular formula is C29H38N2O7. The van der Waals surface area contributed by atoms with Crippen LogP contribution in [0.5, 0.6) is 0 Å². The van der Waals surface area contributed by atoms with Gasteiger partial charge in [-0.2, -0.15) is 0 Å². The fraction of sp³-hybridized carbons (Fsp3) is 0.517. The number of carbonyl (C=O) groups excluding carboxylic acids is 1. The predicted octanol–water partition coefficient (Wildman–Crippen LogP) is 3.88. The van der Waals surface area contributed by atoms with Gasteiger partial charge in [-0.1, -0.05) is 43.3 Å². The number of benzene rings is 2. The van der Waals surface area contributed by atoms with E-state index in [4.69, 9.17) is 19.3 Å². The summed E-state index contributed by atoms with van der Waals surface area (Å²) in [6.07, 6.45) is 1.08. The van der Waals surface area contributed by atoms with Crippen molar-refractivity contribution in [2.75, 3.05) is 32.1 Å². The van der Waals surface area contributed by atoms with Crippen molar-refractivity contribution in [2.24, 2.45) is 5.92 Å². The molecule has 2 aliphatic heterocycles. The molecule has 0 saturated carbocycles. The van der Waals surface area contributed by atoms with Crippen molar-refractivity contribution in [3.05, 3.63) is 65.2 Å². The third kappa shape index (κ3) is 7.18. The minimum atomic E-state index is -1.01. The molecule has 9 heteroatoms. The van der Waals surface area contributed by atoms with E-state index in [9.17, 15) is 14.7 Å². The van der Waals surface area contributed by atoms with E-state index in [0.717, 1.165) is 42.6 Å². The number of nitrogens with one attached hydrogen (secondary N) is 1. The molecule has 0 radical (unpaired) electrons. The molecule has 2 fully saturated rings. The van der Waals surface area contributed by atoms with Crippen LogP contribution in [0.15, 0.2) is 48.5 Å². The molecule has 0 unspecified atom stereocenters. The number of aliphatic carboxylic acids is 1. The highest BCUT2D eigenvalue weighted by Crippen LogP contribution is 2.42. The highest BCUT2D eigenvalue weighted by atomic mass is 16.7.